The molecule has 0 aliphatic heterocycles. The van der Waals surface area contributed by atoms with E-state index in [1.807, 2.05) is 0 Å². The van der Waals surface area contributed by atoms with Gasteiger partial charge in [0.15, 0.2) is 0 Å². The first-order valence-electron chi connectivity index (χ1n) is 5.71. The lowest BCUT2D eigenvalue weighted by Gasteiger charge is -2.43. The van der Waals surface area contributed by atoms with E-state index in [9.17, 15) is 0 Å². The Morgan fingerprint density at radius 1 is 1.33 bits per heavy atom. The summed E-state index contributed by atoms with van der Waals surface area (Å²) in [6, 6.07) is 9.50. The van der Waals surface area contributed by atoms with Crippen LogP contribution in [0, 0.1) is 5.92 Å². The Morgan fingerprint density at radius 3 is 2.53 bits per heavy atom. The summed E-state index contributed by atoms with van der Waals surface area (Å²) < 4.78 is 1.17. The molecule has 0 bridgehead atoms. The second kappa shape index (κ2) is 4.67. The fraction of sp³-hybridized carbons (Fsp3) is 0.538. The summed E-state index contributed by atoms with van der Waals surface area (Å²) in [5.74, 6) is 1.52. The highest BCUT2D eigenvalue weighted by atomic mass is 79.9. The SMILES string of the molecule is CCNC1CC(c2ccc(Br)cc2)C1C. The van der Waals surface area contributed by atoms with Gasteiger partial charge in [0.2, 0.25) is 0 Å². The average Bonchev–Trinajstić information content (AvgIpc) is 2.25. The van der Waals surface area contributed by atoms with Gasteiger partial charge in [-0.05, 0) is 42.5 Å². The predicted molar refractivity (Wildman–Crippen MR) is 68.1 cm³/mol. The lowest BCUT2D eigenvalue weighted by atomic mass is 9.67. The Balaban J connectivity index is 2.00. The van der Waals surface area contributed by atoms with Crippen LogP contribution in [0.5, 0.6) is 0 Å². The predicted octanol–water partition coefficient (Wildman–Crippen LogP) is 3.55. The molecule has 2 heteroatoms. The quantitative estimate of drug-likeness (QED) is 0.884. The van der Waals surface area contributed by atoms with Crippen LogP contribution in [0.15, 0.2) is 28.7 Å². The molecule has 82 valence electrons. The molecule has 1 aromatic rings. The molecule has 1 nitrogen and oxygen atoms in total. The standard InChI is InChI=1S/C13H18BrN/c1-3-15-13-8-12(9(13)2)10-4-6-11(14)7-5-10/h4-7,9,12-13,15H,3,8H2,1-2H3. The molecule has 1 N–H and O–H groups in total. The van der Waals surface area contributed by atoms with E-state index in [-0.39, 0.29) is 0 Å². The second-order valence-electron chi connectivity index (χ2n) is 4.42. The van der Waals surface area contributed by atoms with E-state index in [2.05, 4.69) is 59.4 Å². The van der Waals surface area contributed by atoms with Gasteiger partial charge in [-0.1, -0.05) is 41.9 Å². The fourth-order valence-corrected chi connectivity index (χ4v) is 2.73. The molecular weight excluding hydrogens is 250 g/mol. The molecule has 0 aromatic heterocycles. The summed E-state index contributed by atoms with van der Waals surface area (Å²) >= 11 is 3.47. The summed E-state index contributed by atoms with van der Waals surface area (Å²) in [5, 5.41) is 3.53. The van der Waals surface area contributed by atoms with Gasteiger partial charge in [0.1, 0.15) is 0 Å². The van der Waals surface area contributed by atoms with E-state index in [1.165, 1.54) is 16.5 Å². The highest BCUT2D eigenvalue weighted by Crippen LogP contribution is 2.42. The van der Waals surface area contributed by atoms with Crippen LogP contribution in [-0.4, -0.2) is 12.6 Å². The van der Waals surface area contributed by atoms with Crippen LogP contribution >= 0.6 is 15.9 Å². The van der Waals surface area contributed by atoms with Crippen molar-refractivity contribution >= 4 is 15.9 Å². The van der Waals surface area contributed by atoms with Crippen molar-refractivity contribution in [3.05, 3.63) is 34.3 Å². The van der Waals surface area contributed by atoms with Crippen LogP contribution in [0.3, 0.4) is 0 Å². The minimum Gasteiger partial charge on any atom is -0.314 e. The van der Waals surface area contributed by atoms with Crippen LogP contribution in [0.4, 0.5) is 0 Å². The Morgan fingerprint density at radius 2 is 2.00 bits per heavy atom. The molecule has 0 heterocycles. The van der Waals surface area contributed by atoms with E-state index in [4.69, 9.17) is 0 Å². The summed E-state index contributed by atoms with van der Waals surface area (Å²) in [6.45, 7) is 5.62. The van der Waals surface area contributed by atoms with Crippen molar-refractivity contribution in [2.45, 2.75) is 32.2 Å². The zero-order valence-electron chi connectivity index (χ0n) is 9.33. The zero-order valence-corrected chi connectivity index (χ0v) is 10.9. The first-order chi connectivity index (χ1) is 7.22. The number of benzene rings is 1. The van der Waals surface area contributed by atoms with Gasteiger partial charge in [-0.3, -0.25) is 0 Å². The molecule has 3 unspecified atom stereocenters. The molecular formula is C13H18BrN. The topological polar surface area (TPSA) is 12.0 Å². The maximum absolute atomic E-state index is 3.53. The van der Waals surface area contributed by atoms with Crippen molar-refractivity contribution in [3.63, 3.8) is 0 Å². The van der Waals surface area contributed by atoms with Crippen LogP contribution in [-0.2, 0) is 0 Å². The van der Waals surface area contributed by atoms with E-state index in [0.717, 1.165) is 24.4 Å². The van der Waals surface area contributed by atoms with Crippen molar-refractivity contribution in [3.8, 4) is 0 Å². The van der Waals surface area contributed by atoms with Gasteiger partial charge >= 0.3 is 0 Å². The van der Waals surface area contributed by atoms with Crippen LogP contribution in [0.1, 0.15) is 31.7 Å². The maximum Gasteiger partial charge on any atom is 0.0175 e. The van der Waals surface area contributed by atoms with Gasteiger partial charge in [-0.15, -0.1) is 0 Å². The van der Waals surface area contributed by atoms with Gasteiger partial charge < -0.3 is 5.32 Å². The molecule has 15 heavy (non-hydrogen) atoms. The number of rotatable bonds is 3. The first kappa shape index (κ1) is 11.2. The Kier molecular flexibility index (Phi) is 3.47. The third kappa shape index (κ3) is 2.26. The first-order valence-corrected chi connectivity index (χ1v) is 6.50. The zero-order chi connectivity index (χ0) is 10.8. The van der Waals surface area contributed by atoms with Crippen LogP contribution < -0.4 is 5.32 Å². The number of hydrogen-bond acceptors (Lipinski definition) is 1. The molecule has 0 saturated heterocycles. The van der Waals surface area contributed by atoms with Crippen molar-refractivity contribution < 1.29 is 0 Å². The Labute approximate surface area is 100 Å². The van der Waals surface area contributed by atoms with Gasteiger partial charge in [0.05, 0.1) is 0 Å². The Hall–Kier alpha value is -0.340. The minimum absolute atomic E-state index is 0.726. The van der Waals surface area contributed by atoms with Crippen molar-refractivity contribution in [2.24, 2.45) is 5.92 Å². The van der Waals surface area contributed by atoms with Crippen LogP contribution in [0.25, 0.3) is 0 Å². The van der Waals surface area contributed by atoms with Crippen LogP contribution in [0.2, 0.25) is 0 Å². The minimum atomic E-state index is 0.726. The third-order valence-corrected chi connectivity index (χ3v) is 4.07. The largest absolute Gasteiger partial charge is 0.314 e. The maximum atomic E-state index is 3.53. The Bertz CT molecular complexity index is 320. The average molecular weight is 268 g/mol. The number of halogens is 1. The highest BCUT2D eigenvalue weighted by molar-refractivity contribution is 9.10. The second-order valence-corrected chi connectivity index (χ2v) is 5.33. The molecule has 3 atom stereocenters. The van der Waals surface area contributed by atoms with Gasteiger partial charge in [0.25, 0.3) is 0 Å². The molecule has 2 rings (SSSR count). The summed E-state index contributed by atoms with van der Waals surface area (Å²) in [4.78, 5) is 0. The van der Waals surface area contributed by atoms with Crippen molar-refractivity contribution in [1.29, 1.82) is 0 Å². The molecule has 0 radical (unpaired) electrons. The molecule has 0 spiro atoms. The molecule has 1 aliphatic rings. The molecule has 1 fully saturated rings. The highest BCUT2D eigenvalue weighted by Gasteiger charge is 2.37. The van der Waals surface area contributed by atoms with Gasteiger partial charge in [-0.25, -0.2) is 0 Å². The molecule has 1 aliphatic carbocycles. The molecule has 1 aromatic carbocycles. The summed E-state index contributed by atoms with van der Waals surface area (Å²) in [7, 11) is 0. The van der Waals surface area contributed by atoms with Gasteiger partial charge in [-0.2, -0.15) is 0 Å². The van der Waals surface area contributed by atoms with Crippen molar-refractivity contribution in [2.75, 3.05) is 6.54 Å². The lowest BCUT2D eigenvalue weighted by Crippen LogP contribution is -2.47. The van der Waals surface area contributed by atoms with Gasteiger partial charge in [0, 0.05) is 10.5 Å². The normalized spacial score (nSPS) is 29.9. The van der Waals surface area contributed by atoms with E-state index in [0.29, 0.717) is 0 Å². The summed E-state index contributed by atoms with van der Waals surface area (Å²) in [5.41, 5.74) is 1.49. The third-order valence-electron chi connectivity index (χ3n) is 3.54. The summed E-state index contributed by atoms with van der Waals surface area (Å²) in [6.07, 6.45) is 1.29. The molecule has 1 saturated carbocycles. The number of nitrogens with one attached hydrogen (secondary N) is 1. The monoisotopic (exact) mass is 267 g/mol. The van der Waals surface area contributed by atoms with E-state index in [1.54, 1.807) is 0 Å². The van der Waals surface area contributed by atoms with Crippen molar-refractivity contribution in [1.82, 2.24) is 5.32 Å². The van der Waals surface area contributed by atoms with E-state index < -0.39 is 0 Å². The lowest BCUT2D eigenvalue weighted by molar-refractivity contribution is 0.187. The smallest absolute Gasteiger partial charge is 0.0175 e. The number of hydrogen-bond donors (Lipinski definition) is 1. The van der Waals surface area contributed by atoms with E-state index >= 15 is 0 Å². The fourth-order valence-electron chi connectivity index (χ4n) is 2.47. The molecule has 0 amide bonds.